The first kappa shape index (κ1) is 20.1. The van der Waals surface area contributed by atoms with Crippen molar-refractivity contribution in [2.75, 3.05) is 6.61 Å². The molecule has 0 radical (unpaired) electrons. The molecular weight excluding hydrogens is 359 g/mol. The number of carbonyl (C=O) groups is 3. The van der Waals surface area contributed by atoms with Crippen molar-refractivity contribution in [3.63, 3.8) is 0 Å². The van der Waals surface area contributed by atoms with E-state index in [9.17, 15) is 34.1 Å². The van der Waals surface area contributed by atoms with Crippen LogP contribution in [0.25, 0.3) is 0 Å². The van der Waals surface area contributed by atoms with E-state index in [1.165, 1.54) is 25.1 Å². The number of benzene rings is 2. The van der Waals surface area contributed by atoms with E-state index in [4.69, 9.17) is 4.74 Å². The van der Waals surface area contributed by atoms with Crippen molar-refractivity contribution in [1.29, 1.82) is 0 Å². The Kier molecular flexibility index (Phi) is 6.25. The largest absolute Gasteiger partial charge is 0.504 e. The summed E-state index contributed by atoms with van der Waals surface area (Å²) in [6.45, 7) is 1.48. The number of esters is 1. The number of aliphatic hydroxyl groups is 1. The second-order valence-corrected chi connectivity index (χ2v) is 5.58. The Morgan fingerprint density at radius 1 is 1.22 bits per heavy atom. The zero-order valence-electron chi connectivity index (χ0n) is 14.3. The third kappa shape index (κ3) is 4.12. The van der Waals surface area contributed by atoms with Crippen LogP contribution in [0.5, 0.6) is 11.5 Å². The minimum atomic E-state index is -1.63. The highest BCUT2D eigenvalue weighted by Gasteiger charge is 2.29. The number of rotatable bonds is 7. The van der Waals surface area contributed by atoms with E-state index in [0.29, 0.717) is 0 Å². The SMILES string of the molecule is CCOC(=O)c1cc(O)c(O)c(CC(O)C=O)c1C(=O)c1ccccc1F. The molecular formula is C19H17FO7. The van der Waals surface area contributed by atoms with Gasteiger partial charge >= 0.3 is 5.97 Å². The van der Waals surface area contributed by atoms with Crippen LogP contribution in [-0.2, 0) is 16.0 Å². The molecule has 1 unspecified atom stereocenters. The lowest BCUT2D eigenvalue weighted by Crippen LogP contribution is -2.20. The maximum absolute atomic E-state index is 14.1. The normalized spacial score (nSPS) is 11.7. The first-order valence-electron chi connectivity index (χ1n) is 7.99. The molecule has 0 fully saturated rings. The quantitative estimate of drug-likeness (QED) is 0.291. The number of phenols is 2. The van der Waals surface area contributed by atoms with Gasteiger partial charge in [-0.3, -0.25) is 4.79 Å². The summed E-state index contributed by atoms with van der Waals surface area (Å²) < 4.78 is 18.9. The van der Waals surface area contributed by atoms with Crippen LogP contribution in [0.15, 0.2) is 30.3 Å². The van der Waals surface area contributed by atoms with Gasteiger partial charge < -0.3 is 24.9 Å². The Morgan fingerprint density at radius 3 is 2.48 bits per heavy atom. The molecule has 2 aromatic carbocycles. The average molecular weight is 376 g/mol. The van der Waals surface area contributed by atoms with Crippen LogP contribution in [0.1, 0.15) is 38.8 Å². The van der Waals surface area contributed by atoms with E-state index in [2.05, 4.69) is 0 Å². The number of carbonyl (C=O) groups excluding carboxylic acids is 3. The molecule has 3 N–H and O–H groups in total. The van der Waals surface area contributed by atoms with Crippen LogP contribution >= 0.6 is 0 Å². The summed E-state index contributed by atoms with van der Waals surface area (Å²) in [6, 6.07) is 5.80. The van der Waals surface area contributed by atoms with Crippen LogP contribution in [0.2, 0.25) is 0 Å². The molecule has 8 heteroatoms. The van der Waals surface area contributed by atoms with Crippen LogP contribution in [-0.4, -0.2) is 46.1 Å². The summed E-state index contributed by atoms with van der Waals surface area (Å²) in [7, 11) is 0. The van der Waals surface area contributed by atoms with E-state index in [1.54, 1.807) is 0 Å². The minimum absolute atomic E-state index is 0.0416. The van der Waals surface area contributed by atoms with Gasteiger partial charge in [0.2, 0.25) is 0 Å². The number of aromatic hydroxyl groups is 2. The predicted octanol–water partition coefficient (Wildman–Crippen LogP) is 1.75. The Balaban J connectivity index is 2.78. The van der Waals surface area contributed by atoms with Crippen molar-refractivity contribution < 1.29 is 38.8 Å². The number of ketones is 1. The number of ether oxygens (including phenoxy) is 1. The second-order valence-electron chi connectivity index (χ2n) is 5.58. The van der Waals surface area contributed by atoms with Crippen molar-refractivity contribution in [2.45, 2.75) is 19.4 Å². The molecule has 0 aromatic heterocycles. The molecule has 0 aliphatic carbocycles. The van der Waals surface area contributed by atoms with Gasteiger partial charge in [0.25, 0.3) is 0 Å². The fourth-order valence-electron chi connectivity index (χ4n) is 2.58. The average Bonchev–Trinajstić information content (AvgIpc) is 2.65. The molecule has 0 aliphatic rings. The summed E-state index contributed by atoms with van der Waals surface area (Å²) in [6.07, 6.45) is -2.05. The van der Waals surface area contributed by atoms with Gasteiger partial charge in [0, 0.05) is 17.5 Å². The summed E-state index contributed by atoms with van der Waals surface area (Å²) in [4.78, 5) is 36.0. The summed E-state index contributed by atoms with van der Waals surface area (Å²) in [5, 5.41) is 29.7. The monoisotopic (exact) mass is 376 g/mol. The third-order valence-electron chi connectivity index (χ3n) is 3.79. The number of aldehydes is 1. The van der Waals surface area contributed by atoms with E-state index in [1.807, 2.05) is 0 Å². The second kappa shape index (κ2) is 8.41. The lowest BCUT2D eigenvalue weighted by atomic mass is 9.89. The van der Waals surface area contributed by atoms with E-state index < -0.39 is 58.3 Å². The molecule has 0 aliphatic heterocycles. The maximum Gasteiger partial charge on any atom is 0.339 e. The van der Waals surface area contributed by atoms with Crippen molar-refractivity contribution in [1.82, 2.24) is 0 Å². The lowest BCUT2D eigenvalue weighted by molar-refractivity contribution is -0.114. The van der Waals surface area contributed by atoms with E-state index >= 15 is 0 Å². The van der Waals surface area contributed by atoms with Gasteiger partial charge in [0.05, 0.1) is 17.7 Å². The highest BCUT2D eigenvalue weighted by Crippen LogP contribution is 2.37. The van der Waals surface area contributed by atoms with Crippen LogP contribution in [0, 0.1) is 5.82 Å². The molecule has 0 heterocycles. The van der Waals surface area contributed by atoms with Crippen molar-refractivity contribution in [3.05, 3.63) is 58.4 Å². The Bertz CT molecular complexity index is 892. The molecule has 142 valence electrons. The molecule has 0 bridgehead atoms. The lowest BCUT2D eigenvalue weighted by Gasteiger charge is -2.17. The topological polar surface area (TPSA) is 121 Å². The van der Waals surface area contributed by atoms with Gasteiger partial charge in [-0.15, -0.1) is 0 Å². The van der Waals surface area contributed by atoms with Crippen LogP contribution < -0.4 is 0 Å². The molecule has 0 saturated heterocycles. The van der Waals surface area contributed by atoms with Gasteiger partial charge in [-0.25, -0.2) is 9.18 Å². The molecule has 0 spiro atoms. The minimum Gasteiger partial charge on any atom is -0.504 e. The number of hydrogen-bond acceptors (Lipinski definition) is 7. The Hall–Kier alpha value is -3.26. The molecule has 2 aromatic rings. The standard InChI is InChI=1S/C19H17FO7/c1-2-27-19(26)13-8-15(23)17(24)12(7-10(22)9-21)16(13)18(25)11-5-3-4-6-14(11)20/h3-6,8-10,22-24H,2,7H2,1H3. The highest BCUT2D eigenvalue weighted by atomic mass is 19.1. The first-order chi connectivity index (χ1) is 12.8. The number of hydrogen-bond donors (Lipinski definition) is 3. The van der Waals surface area contributed by atoms with Gasteiger partial charge in [-0.1, -0.05) is 12.1 Å². The van der Waals surface area contributed by atoms with Crippen molar-refractivity contribution >= 4 is 18.0 Å². The van der Waals surface area contributed by atoms with Gasteiger partial charge in [0.1, 0.15) is 18.2 Å². The maximum atomic E-state index is 14.1. The van der Waals surface area contributed by atoms with Crippen LogP contribution in [0.3, 0.4) is 0 Å². The molecule has 0 amide bonds. The smallest absolute Gasteiger partial charge is 0.339 e. The highest BCUT2D eigenvalue weighted by molar-refractivity contribution is 6.16. The number of aliphatic hydroxyl groups excluding tert-OH is 1. The first-order valence-corrected chi connectivity index (χ1v) is 7.99. The predicted molar refractivity (Wildman–Crippen MR) is 91.3 cm³/mol. The molecule has 1 atom stereocenters. The Labute approximate surface area is 153 Å². The zero-order chi connectivity index (χ0) is 20.1. The van der Waals surface area contributed by atoms with E-state index in [0.717, 1.165) is 12.1 Å². The third-order valence-corrected chi connectivity index (χ3v) is 3.79. The van der Waals surface area contributed by atoms with Crippen molar-refractivity contribution in [3.8, 4) is 11.5 Å². The fourth-order valence-corrected chi connectivity index (χ4v) is 2.58. The molecule has 7 nitrogen and oxygen atoms in total. The molecule has 0 saturated carbocycles. The summed E-state index contributed by atoms with van der Waals surface area (Å²) in [5.74, 6) is -4.39. The van der Waals surface area contributed by atoms with Gasteiger partial charge in [-0.2, -0.15) is 0 Å². The molecule has 2 rings (SSSR count). The van der Waals surface area contributed by atoms with Crippen LogP contribution in [0.4, 0.5) is 4.39 Å². The number of phenolic OH excluding ortho intramolecular Hbond substituents is 2. The van der Waals surface area contributed by atoms with Crippen molar-refractivity contribution in [2.24, 2.45) is 0 Å². The van der Waals surface area contributed by atoms with Gasteiger partial charge in [0.15, 0.2) is 17.3 Å². The summed E-state index contributed by atoms with van der Waals surface area (Å²) in [5.41, 5.74) is -1.65. The molecule has 27 heavy (non-hydrogen) atoms. The van der Waals surface area contributed by atoms with Gasteiger partial charge in [-0.05, 0) is 25.1 Å². The number of halogens is 1. The Morgan fingerprint density at radius 2 is 1.89 bits per heavy atom. The summed E-state index contributed by atoms with van der Waals surface area (Å²) >= 11 is 0. The van der Waals surface area contributed by atoms with E-state index in [-0.39, 0.29) is 18.5 Å². The fraction of sp³-hybridized carbons (Fsp3) is 0.211. The zero-order valence-corrected chi connectivity index (χ0v) is 14.3.